The number of nitrogens with one attached hydrogen (secondary N) is 1. The minimum absolute atomic E-state index is 0.0393. The van der Waals surface area contributed by atoms with E-state index < -0.39 is 0 Å². The molecule has 0 radical (unpaired) electrons. The number of benzene rings is 3. The number of hydrogen-bond acceptors (Lipinski definition) is 2. The van der Waals surface area contributed by atoms with Crippen LogP contribution in [0, 0.1) is 0 Å². The highest BCUT2D eigenvalue weighted by atomic mass is 16.2. The predicted octanol–water partition coefficient (Wildman–Crippen LogP) is 4.07. The molecule has 0 aliphatic rings. The highest BCUT2D eigenvalue weighted by Crippen LogP contribution is 2.21. The Balaban J connectivity index is 1.83. The summed E-state index contributed by atoms with van der Waals surface area (Å²) in [5.41, 5.74) is 2.11. The fraction of sp³-hybridized carbons (Fsp3) is 0.100. The lowest BCUT2D eigenvalue weighted by atomic mass is 10.0. The zero-order valence-corrected chi connectivity index (χ0v) is 13.6. The van der Waals surface area contributed by atoms with Gasteiger partial charge in [0.05, 0.1) is 0 Å². The number of nitrogens with zero attached hydrogens (tertiary/aromatic N) is 1. The van der Waals surface area contributed by atoms with Gasteiger partial charge in [-0.3, -0.25) is 9.59 Å². The van der Waals surface area contributed by atoms with E-state index >= 15 is 0 Å². The normalized spacial score (nSPS) is 10.4. The highest BCUT2D eigenvalue weighted by Gasteiger charge is 2.10. The van der Waals surface area contributed by atoms with Crippen LogP contribution in [0.5, 0.6) is 0 Å². The SMILES string of the molecule is CC(=O)N(C)c1ccc(NC(=O)c2cccc3ccccc23)cc1. The van der Waals surface area contributed by atoms with E-state index in [2.05, 4.69) is 5.32 Å². The molecule has 0 aliphatic carbocycles. The van der Waals surface area contributed by atoms with Crippen LogP contribution in [-0.2, 0) is 4.79 Å². The van der Waals surface area contributed by atoms with Gasteiger partial charge in [-0.1, -0.05) is 36.4 Å². The van der Waals surface area contributed by atoms with Crippen molar-refractivity contribution in [2.75, 3.05) is 17.3 Å². The summed E-state index contributed by atoms with van der Waals surface area (Å²) in [5, 5.41) is 4.86. The maximum Gasteiger partial charge on any atom is 0.256 e. The summed E-state index contributed by atoms with van der Waals surface area (Å²) >= 11 is 0. The summed E-state index contributed by atoms with van der Waals surface area (Å²) in [6, 6.07) is 20.7. The molecule has 0 spiro atoms. The predicted molar refractivity (Wildman–Crippen MR) is 97.4 cm³/mol. The van der Waals surface area contributed by atoms with Gasteiger partial charge in [0.1, 0.15) is 0 Å². The van der Waals surface area contributed by atoms with Crippen molar-refractivity contribution in [3.8, 4) is 0 Å². The first-order chi connectivity index (χ1) is 11.6. The third-order valence-electron chi connectivity index (χ3n) is 4.02. The average Bonchev–Trinajstić information content (AvgIpc) is 2.61. The average molecular weight is 318 g/mol. The molecular formula is C20H18N2O2. The van der Waals surface area contributed by atoms with Crippen LogP contribution in [0.3, 0.4) is 0 Å². The molecule has 0 saturated carbocycles. The largest absolute Gasteiger partial charge is 0.322 e. The molecule has 2 amide bonds. The van der Waals surface area contributed by atoms with E-state index in [1.165, 1.54) is 6.92 Å². The molecule has 0 fully saturated rings. The van der Waals surface area contributed by atoms with E-state index in [0.29, 0.717) is 11.3 Å². The Morgan fingerprint density at radius 2 is 1.54 bits per heavy atom. The number of carbonyl (C=O) groups is 2. The first-order valence-electron chi connectivity index (χ1n) is 7.70. The minimum atomic E-state index is -0.153. The maximum atomic E-state index is 12.6. The number of rotatable bonds is 3. The molecule has 1 N–H and O–H groups in total. The van der Waals surface area contributed by atoms with Crippen molar-refractivity contribution < 1.29 is 9.59 Å². The Bertz CT molecular complexity index is 896. The van der Waals surface area contributed by atoms with Crippen molar-refractivity contribution in [3.63, 3.8) is 0 Å². The van der Waals surface area contributed by atoms with Crippen LogP contribution in [0.4, 0.5) is 11.4 Å². The van der Waals surface area contributed by atoms with Crippen molar-refractivity contribution in [1.29, 1.82) is 0 Å². The third-order valence-corrected chi connectivity index (χ3v) is 4.02. The fourth-order valence-corrected chi connectivity index (χ4v) is 2.57. The molecule has 0 bridgehead atoms. The molecule has 4 heteroatoms. The molecule has 120 valence electrons. The maximum absolute atomic E-state index is 12.6. The van der Waals surface area contributed by atoms with E-state index in [4.69, 9.17) is 0 Å². The quantitative estimate of drug-likeness (QED) is 0.791. The third kappa shape index (κ3) is 3.13. The minimum Gasteiger partial charge on any atom is -0.322 e. The van der Waals surface area contributed by atoms with Gasteiger partial charge in [-0.2, -0.15) is 0 Å². The van der Waals surface area contributed by atoms with Crippen LogP contribution in [0.1, 0.15) is 17.3 Å². The van der Waals surface area contributed by atoms with E-state index in [0.717, 1.165) is 16.5 Å². The Labute approximate surface area is 140 Å². The smallest absolute Gasteiger partial charge is 0.256 e. The molecule has 0 unspecified atom stereocenters. The van der Waals surface area contributed by atoms with Gasteiger partial charge >= 0.3 is 0 Å². The second-order valence-corrected chi connectivity index (χ2v) is 5.61. The van der Waals surface area contributed by atoms with Crippen LogP contribution in [0.15, 0.2) is 66.7 Å². The Hall–Kier alpha value is -3.14. The summed E-state index contributed by atoms with van der Waals surface area (Å²) < 4.78 is 0. The second-order valence-electron chi connectivity index (χ2n) is 5.61. The number of carbonyl (C=O) groups excluding carboxylic acids is 2. The first kappa shape index (κ1) is 15.7. The molecule has 24 heavy (non-hydrogen) atoms. The number of fused-ring (bicyclic) bond motifs is 1. The van der Waals surface area contributed by atoms with Crippen LogP contribution >= 0.6 is 0 Å². The summed E-state index contributed by atoms with van der Waals surface area (Å²) in [4.78, 5) is 25.5. The molecule has 0 heterocycles. The van der Waals surface area contributed by atoms with Crippen molar-refractivity contribution in [1.82, 2.24) is 0 Å². The molecule has 3 aromatic rings. The number of hydrogen-bond donors (Lipinski definition) is 1. The lowest BCUT2D eigenvalue weighted by Crippen LogP contribution is -2.22. The van der Waals surface area contributed by atoms with Crippen LogP contribution in [0.2, 0.25) is 0 Å². The monoisotopic (exact) mass is 318 g/mol. The molecule has 0 aromatic heterocycles. The fourth-order valence-electron chi connectivity index (χ4n) is 2.57. The van der Waals surface area contributed by atoms with Gasteiger partial charge in [-0.05, 0) is 41.1 Å². The van der Waals surface area contributed by atoms with Gasteiger partial charge in [-0.15, -0.1) is 0 Å². The van der Waals surface area contributed by atoms with Crippen LogP contribution < -0.4 is 10.2 Å². The molecular weight excluding hydrogens is 300 g/mol. The molecule has 0 saturated heterocycles. The first-order valence-corrected chi connectivity index (χ1v) is 7.70. The van der Waals surface area contributed by atoms with E-state index in [9.17, 15) is 9.59 Å². The summed E-state index contributed by atoms with van der Waals surface area (Å²) in [5.74, 6) is -0.193. The number of anilines is 2. The second kappa shape index (κ2) is 6.54. The number of amides is 2. The highest BCUT2D eigenvalue weighted by molar-refractivity contribution is 6.13. The molecule has 3 rings (SSSR count). The molecule has 4 nitrogen and oxygen atoms in total. The Morgan fingerprint density at radius 1 is 0.875 bits per heavy atom. The van der Waals surface area contributed by atoms with Gasteiger partial charge < -0.3 is 10.2 Å². The van der Waals surface area contributed by atoms with Gasteiger partial charge in [0, 0.05) is 30.9 Å². The summed E-state index contributed by atoms with van der Waals surface area (Å²) in [7, 11) is 1.71. The van der Waals surface area contributed by atoms with Crippen molar-refractivity contribution in [2.45, 2.75) is 6.92 Å². The summed E-state index contributed by atoms with van der Waals surface area (Å²) in [6.07, 6.45) is 0. The van der Waals surface area contributed by atoms with E-state index in [1.54, 1.807) is 36.2 Å². The zero-order chi connectivity index (χ0) is 17.1. The van der Waals surface area contributed by atoms with Crippen LogP contribution in [0.25, 0.3) is 10.8 Å². The lowest BCUT2D eigenvalue weighted by molar-refractivity contribution is -0.116. The molecule has 3 aromatic carbocycles. The van der Waals surface area contributed by atoms with Gasteiger partial charge in [0.25, 0.3) is 5.91 Å². The van der Waals surface area contributed by atoms with Crippen molar-refractivity contribution in [3.05, 3.63) is 72.3 Å². The van der Waals surface area contributed by atoms with E-state index in [1.807, 2.05) is 42.5 Å². The van der Waals surface area contributed by atoms with Crippen molar-refractivity contribution in [2.24, 2.45) is 0 Å². The Morgan fingerprint density at radius 3 is 2.25 bits per heavy atom. The van der Waals surface area contributed by atoms with Crippen LogP contribution in [-0.4, -0.2) is 18.9 Å². The standard InChI is InChI=1S/C20H18N2O2/c1-14(23)22(2)17-12-10-16(11-13-17)21-20(24)19-9-5-7-15-6-3-4-8-18(15)19/h3-13H,1-2H3,(H,21,24). The lowest BCUT2D eigenvalue weighted by Gasteiger charge is -2.15. The van der Waals surface area contributed by atoms with E-state index in [-0.39, 0.29) is 11.8 Å². The summed E-state index contributed by atoms with van der Waals surface area (Å²) in [6.45, 7) is 1.51. The molecule has 0 aliphatic heterocycles. The topological polar surface area (TPSA) is 49.4 Å². The van der Waals surface area contributed by atoms with Crippen molar-refractivity contribution >= 4 is 34.0 Å². The zero-order valence-electron chi connectivity index (χ0n) is 13.6. The van der Waals surface area contributed by atoms with Gasteiger partial charge in [0.2, 0.25) is 5.91 Å². The molecule has 0 atom stereocenters. The van der Waals surface area contributed by atoms with Gasteiger partial charge in [-0.25, -0.2) is 0 Å². The Kier molecular flexibility index (Phi) is 4.29. The van der Waals surface area contributed by atoms with Gasteiger partial charge in [0.15, 0.2) is 0 Å².